The van der Waals surface area contributed by atoms with Gasteiger partial charge in [-0.15, -0.1) is 0 Å². The molecule has 0 radical (unpaired) electrons. The summed E-state index contributed by atoms with van der Waals surface area (Å²) >= 11 is 0. The molecule has 0 rings (SSSR count). The lowest BCUT2D eigenvalue weighted by atomic mass is 10.2. The quantitative estimate of drug-likeness (QED) is 0.450. The molecule has 0 heterocycles. The van der Waals surface area contributed by atoms with Crippen molar-refractivity contribution in [3.63, 3.8) is 0 Å². The van der Waals surface area contributed by atoms with Crippen LogP contribution in [0.15, 0.2) is 24.3 Å². The molecular formula is C9H16N2O. The topological polar surface area (TPSA) is 55.1 Å². The number of nitrogens with two attached hydrogens (primary N) is 1. The van der Waals surface area contributed by atoms with E-state index in [2.05, 4.69) is 18.5 Å². The van der Waals surface area contributed by atoms with E-state index in [9.17, 15) is 4.79 Å². The summed E-state index contributed by atoms with van der Waals surface area (Å²) in [7, 11) is 0. The standard InChI is InChI=1S/C9H16N2O/c1-4-7(2)5-11-6-8(3)9(10)12/h11H,2-6H2,1H3,(H2,10,12). The van der Waals surface area contributed by atoms with Crippen LogP contribution in [0.3, 0.4) is 0 Å². The van der Waals surface area contributed by atoms with Crippen LogP contribution in [-0.4, -0.2) is 19.0 Å². The second-order valence-electron chi connectivity index (χ2n) is 2.67. The predicted octanol–water partition coefficient (Wildman–Crippen LogP) is 0.584. The van der Waals surface area contributed by atoms with Crippen molar-refractivity contribution in [2.45, 2.75) is 13.3 Å². The summed E-state index contributed by atoms with van der Waals surface area (Å²) in [6, 6.07) is 0. The lowest BCUT2D eigenvalue weighted by Crippen LogP contribution is -2.25. The summed E-state index contributed by atoms with van der Waals surface area (Å²) in [5.41, 5.74) is 6.49. The minimum Gasteiger partial charge on any atom is -0.366 e. The van der Waals surface area contributed by atoms with Gasteiger partial charge < -0.3 is 11.1 Å². The van der Waals surface area contributed by atoms with E-state index in [0.717, 1.165) is 12.0 Å². The van der Waals surface area contributed by atoms with Crippen molar-refractivity contribution >= 4 is 5.91 Å². The fourth-order valence-electron chi connectivity index (χ4n) is 0.602. The summed E-state index contributed by atoms with van der Waals surface area (Å²) < 4.78 is 0. The molecule has 0 saturated carbocycles. The van der Waals surface area contributed by atoms with E-state index < -0.39 is 5.91 Å². The van der Waals surface area contributed by atoms with E-state index in [4.69, 9.17) is 5.73 Å². The molecule has 0 atom stereocenters. The highest BCUT2D eigenvalue weighted by Gasteiger charge is 1.99. The van der Waals surface area contributed by atoms with Gasteiger partial charge in [-0.2, -0.15) is 0 Å². The maximum atomic E-state index is 10.5. The van der Waals surface area contributed by atoms with Crippen LogP contribution in [0.2, 0.25) is 0 Å². The van der Waals surface area contributed by atoms with Gasteiger partial charge in [0.05, 0.1) is 0 Å². The molecule has 3 N–H and O–H groups in total. The van der Waals surface area contributed by atoms with Crippen LogP contribution in [0.4, 0.5) is 0 Å². The first-order valence-electron chi connectivity index (χ1n) is 3.92. The van der Waals surface area contributed by atoms with Crippen LogP contribution in [-0.2, 0) is 4.79 Å². The predicted molar refractivity (Wildman–Crippen MR) is 50.6 cm³/mol. The van der Waals surface area contributed by atoms with Crippen LogP contribution >= 0.6 is 0 Å². The molecule has 1 amide bonds. The molecule has 0 aromatic rings. The van der Waals surface area contributed by atoms with E-state index in [1.165, 1.54) is 0 Å². The number of amides is 1. The maximum Gasteiger partial charge on any atom is 0.245 e. The Bertz CT molecular complexity index is 197. The summed E-state index contributed by atoms with van der Waals surface area (Å²) in [6.07, 6.45) is 0.941. The lowest BCUT2D eigenvalue weighted by molar-refractivity contribution is -0.114. The van der Waals surface area contributed by atoms with E-state index in [-0.39, 0.29) is 0 Å². The van der Waals surface area contributed by atoms with Gasteiger partial charge >= 0.3 is 0 Å². The molecule has 0 aromatic heterocycles. The number of nitrogens with one attached hydrogen (secondary N) is 1. The van der Waals surface area contributed by atoms with Gasteiger partial charge in [0.2, 0.25) is 5.91 Å². The van der Waals surface area contributed by atoms with Crippen molar-refractivity contribution in [2.24, 2.45) is 5.73 Å². The van der Waals surface area contributed by atoms with Gasteiger partial charge in [-0.25, -0.2) is 0 Å². The molecule has 0 aliphatic rings. The van der Waals surface area contributed by atoms with Gasteiger partial charge in [-0.05, 0) is 6.42 Å². The van der Waals surface area contributed by atoms with Gasteiger partial charge in [-0.1, -0.05) is 25.7 Å². The van der Waals surface area contributed by atoms with Gasteiger partial charge in [-0.3, -0.25) is 4.79 Å². The number of primary amides is 1. The monoisotopic (exact) mass is 168 g/mol. The molecule has 0 aliphatic carbocycles. The van der Waals surface area contributed by atoms with Crippen molar-refractivity contribution in [3.05, 3.63) is 24.3 Å². The van der Waals surface area contributed by atoms with Gasteiger partial charge in [0.15, 0.2) is 0 Å². The molecule has 68 valence electrons. The van der Waals surface area contributed by atoms with E-state index in [0.29, 0.717) is 18.7 Å². The Morgan fingerprint density at radius 2 is 2.00 bits per heavy atom. The first kappa shape index (κ1) is 10.9. The molecule has 0 fully saturated rings. The van der Waals surface area contributed by atoms with E-state index in [1.54, 1.807) is 0 Å². The summed E-state index contributed by atoms with van der Waals surface area (Å²) in [5, 5.41) is 3.02. The maximum absolute atomic E-state index is 10.5. The first-order valence-corrected chi connectivity index (χ1v) is 3.92. The second-order valence-corrected chi connectivity index (χ2v) is 2.67. The molecule has 0 aliphatic heterocycles. The lowest BCUT2D eigenvalue weighted by Gasteiger charge is -2.05. The zero-order chi connectivity index (χ0) is 9.56. The Morgan fingerprint density at radius 3 is 2.42 bits per heavy atom. The summed E-state index contributed by atoms with van der Waals surface area (Å²) in [5.74, 6) is -0.454. The number of hydrogen-bond acceptors (Lipinski definition) is 2. The molecule has 0 aromatic carbocycles. The van der Waals surface area contributed by atoms with Gasteiger partial charge in [0, 0.05) is 18.7 Å². The Balaban J connectivity index is 3.50. The number of rotatable bonds is 6. The van der Waals surface area contributed by atoms with E-state index >= 15 is 0 Å². The average molecular weight is 168 g/mol. The van der Waals surface area contributed by atoms with Crippen LogP contribution in [0.1, 0.15) is 13.3 Å². The van der Waals surface area contributed by atoms with Crippen molar-refractivity contribution in [3.8, 4) is 0 Å². The number of carbonyl (C=O) groups is 1. The van der Waals surface area contributed by atoms with Crippen molar-refractivity contribution in [1.29, 1.82) is 0 Å². The summed E-state index contributed by atoms with van der Waals surface area (Å²) in [4.78, 5) is 10.5. The van der Waals surface area contributed by atoms with Crippen LogP contribution < -0.4 is 11.1 Å². The van der Waals surface area contributed by atoms with E-state index in [1.807, 2.05) is 6.92 Å². The third kappa shape index (κ3) is 4.68. The van der Waals surface area contributed by atoms with Crippen LogP contribution in [0.25, 0.3) is 0 Å². The molecule has 0 spiro atoms. The Hall–Kier alpha value is -1.09. The highest BCUT2D eigenvalue weighted by molar-refractivity contribution is 5.91. The molecule has 3 nitrogen and oxygen atoms in total. The SMILES string of the molecule is C=C(CC)CNCC(=C)C(N)=O. The highest BCUT2D eigenvalue weighted by Crippen LogP contribution is 1.93. The second kappa shape index (κ2) is 5.55. The average Bonchev–Trinajstić information content (AvgIpc) is 2.03. The Labute approximate surface area is 73.3 Å². The first-order chi connectivity index (χ1) is 5.57. The molecular weight excluding hydrogens is 152 g/mol. The number of hydrogen-bond donors (Lipinski definition) is 2. The number of carbonyl (C=O) groups excluding carboxylic acids is 1. The fourth-order valence-corrected chi connectivity index (χ4v) is 0.602. The normalized spacial score (nSPS) is 9.42. The third-order valence-electron chi connectivity index (χ3n) is 1.56. The Morgan fingerprint density at radius 1 is 1.42 bits per heavy atom. The Kier molecular flexibility index (Phi) is 5.04. The molecule has 12 heavy (non-hydrogen) atoms. The van der Waals surface area contributed by atoms with Crippen LogP contribution in [0, 0.1) is 0 Å². The molecule has 0 saturated heterocycles. The molecule has 3 heteroatoms. The molecule has 0 bridgehead atoms. The third-order valence-corrected chi connectivity index (χ3v) is 1.56. The van der Waals surface area contributed by atoms with Gasteiger partial charge in [0.25, 0.3) is 0 Å². The highest BCUT2D eigenvalue weighted by atomic mass is 16.1. The molecule has 0 unspecified atom stereocenters. The minimum atomic E-state index is -0.454. The van der Waals surface area contributed by atoms with Gasteiger partial charge in [0.1, 0.15) is 0 Å². The van der Waals surface area contributed by atoms with Crippen molar-refractivity contribution in [2.75, 3.05) is 13.1 Å². The minimum absolute atomic E-state index is 0.402. The van der Waals surface area contributed by atoms with Crippen molar-refractivity contribution < 1.29 is 4.79 Å². The largest absolute Gasteiger partial charge is 0.366 e. The smallest absolute Gasteiger partial charge is 0.245 e. The fraction of sp³-hybridized carbons (Fsp3) is 0.444. The zero-order valence-electron chi connectivity index (χ0n) is 7.52. The van der Waals surface area contributed by atoms with Crippen molar-refractivity contribution in [1.82, 2.24) is 5.32 Å². The summed E-state index contributed by atoms with van der Waals surface area (Å²) in [6.45, 7) is 10.5. The van der Waals surface area contributed by atoms with Crippen LogP contribution in [0.5, 0.6) is 0 Å². The zero-order valence-corrected chi connectivity index (χ0v) is 7.52.